The molecule has 1 heteroatoms. The van der Waals surface area contributed by atoms with E-state index < -0.39 is 0 Å². The van der Waals surface area contributed by atoms with Gasteiger partial charge in [0.15, 0.2) is 0 Å². The fourth-order valence-electron chi connectivity index (χ4n) is 2.35. The van der Waals surface area contributed by atoms with E-state index in [1.165, 1.54) is 11.1 Å². The van der Waals surface area contributed by atoms with E-state index in [1.807, 2.05) is 0 Å². The summed E-state index contributed by atoms with van der Waals surface area (Å²) >= 11 is 2.63. The molecule has 2 atom stereocenters. The van der Waals surface area contributed by atoms with Crippen molar-refractivity contribution in [2.24, 2.45) is 5.92 Å². The zero-order valence-electron chi connectivity index (χ0n) is 11.6. The molecular weight excluding hydrogens is 343 g/mol. The Labute approximate surface area is 130 Å². The Balaban J connectivity index is 2.02. The first-order valence-electron chi connectivity index (χ1n) is 6.85. The van der Waals surface area contributed by atoms with E-state index in [0.717, 1.165) is 12.8 Å². The van der Waals surface area contributed by atoms with Crippen LogP contribution in [0.15, 0.2) is 60.7 Å². The van der Waals surface area contributed by atoms with Crippen LogP contribution in [0.1, 0.15) is 25.0 Å². The molecule has 0 radical (unpaired) electrons. The molecule has 2 aromatic rings. The highest BCUT2D eigenvalue weighted by molar-refractivity contribution is 14.1. The second-order valence-corrected chi connectivity index (χ2v) is 8.00. The van der Waals surface area contributed by atoms with Crippen molar-refractivity contribution in [3.8, 4) is 0 Å². The number of hydrogen-bond donors (Lipinski definition) is 0. The second-order valence-electron chi connectivity index (χ2n) is 5.53. The molecule has 0 saturated heterocycles. The molecule has 0 aliphatic carbocycles. The molecule has 2 rings (SSSR count). The summed E-state index contributed by atoms with van der Waals surface area (Å²) in [6.07, 6.45) is 2.27. The van der Waals surface area contributed by atoms with Crippen LogP contribution >= 0.6 is 22.6 Å². The lowest BCUT2D eigenvalue weighted by molar-refractivity contribution is 0.448. The monoisotopic (exact) mass is 364 g/mol. The number of hydrogen-bond acceptors (Lipinski definition) is 0. The van der Waals surface area contributed by atoms with Crippen LogP contribution in [0.2, 0.25) is 0 Å². The molecule has 0 aliphatic heterocycles. The summed E-state index contributed by atoms with van der Waals surface area (Å²) in [5.41, 5.74) is 2.87. The number of rotatable bonds is 5. The number of benzene rings is 2. The maximum atomic E-state index is 2.63. The molecule has 0 amide bonds. The molecule has 0 aliphatic rings. The molecule has 0 spiro atoms. The molecule has 100 valence electrons. The van der Waals surface area contributed by atoms with E-state index in [-0.39, 0.29) is 3.42 Å². The van der Waals surface area contributed by atoms with E-state index >= 15 is 0 Å². The van der Waals surface area contributed by atoms with E-state index in [1.54, 1.807) is 0 Å². The number of alkyl halides is 1. The Morgan fingerprint density at radius 3 is 1.89 bits per heavy atom. The second kappa shape index (κ2) is 6.56. The molecule has 0 aromatic heterocycles. The van der Waals surface area contributed by atoms with Crippen molar-refractivity contribution in [1.82, 2.24) is 0 Å². The lowest BCUT2D eigenvalue weighted by Crippen LogP contribution is -2.29. The van der Waals surface area contributed by atoms with Gasteiger partial charge in [-0.15, -0.1) is 0 Å². The van der Waals surface area contributed by atoms with Gasteiger partial charge in [0.05, 0.1) is 0 Å². The van der Waals surface area contributed by atoms with Crippen molar-refractivity contribution in [3.63, 3.8) is 0 Å². The molecule has 0 saturated carbocycles. The van der Waals surface area contributed by atoms with E-state index in [4.69, 9.17) is 0 Å². The predicted molar refractivity (Wildman–Crippen MR) is 91.9 cm³/mol. The zero-order valence-corrected chi connectivity index (χ0v) is 13.8. The number of halogens is 1. The Hall–Kier alpha value is -0.830. The lowest BCUT2D eigenvalue weighted by atomic mass is 9.85. The van der Waals surface area contributed by atoms with Gasteiger partial charge < -0.3 is 0 Å². The molecule has 0 fully saturated rings. The third-order valence-electron chi connectivity index (χ3n) is 3.80. The minimum absolute atomic E-state index is 0.287. The third-order valence-corrected chi connectivity index (χ3v) is 5.25. The van der Waals surface area contributed by atoms with Gasteiger partial charge in [-0.3, -0.25) is 0 Å². The molecule has 0 nitrogen and oxygen atoms in total. The smallest absolute Gasteiger partial charge is 0.0263 e. The van der Waals surface area contributed by atoms with Gasteiger partial charge in [0.1, 0.15) is 0 Å². The van der Waals surface area contributed by atoms with Gasteiger partial charge in [-0.2, -0.15) is 0 Å². The quantitative estimate of drug-likeness (QED) is 0.499. The van der Waals surface area contributed by atoms with Crippen molar-refractivity contribution in [2.75, 3.05) is 0 Å². The van der Waals surface area contributed by atoms with Crippen LogP contribution in [0.25, 0.3) is 0 Å². The van der Waals surface area contributed by atoms with Crippen LogP contribution in [0.3, 0.4) is 0 Å². The standard InChI is InChI=1S/C18H21I/c1-15(13-16-9-5-3-6-10-16)18(2,19)14-17-11-7-4-8-12-17/h3-12,15H,13-14H2,1-2H3. The van der Waals surface area contributed by atoms with E-state index in [2.05, 4.69) is 97.1 Å². The summed E-state index contributed by atoms with van der Waals surface area (Å²) in [6, 6.07) is 21.6. The van der Waals surface area contributed by atoms with Gasteiger partial charge in [-0.25, -0.2) is 0 Å². The first-order chi connectivity index (χ1) is 9.08. The van der Waals surface area contributed by atoms with Gasteiger partial charge >= 0.3 is 0 Å². The van der Waals surface area contributed by atoms with Crippen LogP contribution in [-0.4, -0.2) is 3.42 Å². The molecule has 0 bridgehead atoms. The van der Waals surface area contributed by atoms with Crippen LogP contribution in [0.4, 0.5) is 0 Å². The van der Waals surface area contributed by atoms with Crippen molar-refractivity contribution >= 4 is 22.6 Å². The zero-order chi connectivity index (χ0) is 13.7. The first-order valence-corrected chi connectivity index (χ1v) is 7.92. The average Bonchev–Trinajstić information content (AvgIpc) is 2.40. The summed E-state index contributed by atoms with van der Waals surface area (Å²) in [7, 11) is 0. The Morgan fingerprint density at radius 2 is 1.37 bits per heavy atom. The van der Waals surface area contributed by atoms with Crippen LogP contribution < -0.4 is 0 Å². The largest absolute Gasteiger partial charge is 0.0785 e. The highest BCUT2D eigenvalue weighted by atomic mass is 127. The topological polar surface area (TPSA) is 0 Å². The molecule has 19 heavy (non-hydrogen) atoms. The van der Waals surface area contributed by atoms with Gasteiger partial charge in [0.2, 0.25) is 0 Å². The highest BCUT2D eigenvalue weighted by Gasteiger charge is 2.28. The molecular formula is C18H21I. The Morgan fingerprint density at radius 1 is 0.895 bits per heavy atom. The summed E-state index contributed by atoms with van der Waals surface area (Å²) in [5, 5.41) is 0. The van der Waals surface area contributed by atoms with Crippen LogP contribution in [0, 0.1) is 5.92 Å². The SMILES string of the molecule is CC(Cc1ccccc1)C(C)(I)Cc1ccccc1. The summed E-state index contributed by atoms with van der Waals surface area (Å²) < 4.78 is 0.287. The van der Waals surface area contributed by atoms with Crippen molar-refractivity contribution in [3.05, 3.63) is 71.8 Å². The summed E-state index contributed by atoms with van der Waals surface area (Å²) in [6.45, 7) is 4.73. The van der Waals surface area contributed by atoms with E-state index in [9.17, 15) is 0 Å². The van der Waals surface area contributed by atoms with Gasteiger partial charge in [0, 0.05) is 3.42 Å². The van der Waals surface area contributed by atoms with Crippen LogP contribution in [0.5, 0.6) is 0 Å². The molecule has 2 aromatic carbocycles. The molecule has 0 N–H and O–H groups in total. The van der Waals surface area contributed by atoms with E-state index in [0.29, 0.717) is 5.92 Å². The van der Waals surface area contributed by atoms with Gasteiger partial charge in [-0.1, -0.05) is 90.2 Å². The molecule has 0 heterocycles. The summed E-state index contributed by atoms with van der Waals surface area (Å²) in [4.78, 5) is 0. The van der Waals surface area contributed by atoms with Gasteiger partial charge in [-0.05, 0) is 36.8 Å². The van der Waals surface area contributed by atoms with Crippen LogP contribution in [-0.2, 0) is 12.8 Å². The first kappa shape index (κ1) is 14.6. The minimum Gasteiger partial charge on any atom is -0.0785 e. The maximum Gasteiger partial charge on any atom is 0.0263 e. The summed E-state index contributed by atoms with van der Waals surface area (Å²) in [5.74, 6) is 0.649. The van der Waals surface area contributed by atoms with Crippen molar-refractivity contribution in [1.29, 1.82) is 0 Å². The molecule has 2 unspecified atom stereocenters. The fraction of sp³-hybridized carbons (Fsp3) is 0.333. The predicted octanol–water partition coefficient (Wildman–Crippen LogP) is 5.30. The van der Waals surface area contributed by atoms with Crippen molar-refractivity contribution < 1.29 is 0 Å². The Bertz CT molecular complexity index is 488. The maximum absolute atomic E-state index is 2.63. The average molecular weight is 364 g/mol. The third kappa shape index (κ3) is 4.34. The van der Waals surface area contributed by atoms with Gasteiger partial charge in [0.25, 0.3) is 0 Å². The minimum atomic E-state index is 0.287. The highest BCUT2D eigenvalue weighted by Crippen LogP contribution is 2.34. The lowest BCUT2D eigenvalue weighted by Gasteiger charge is -2.30. The fourth-order valence-corrected chi connectivity index (χ4v) is 3.01. The Kier molecular flexibility index (Phi) is 5.03. The normalized spacial score (nSPS) is 15.7. The van der Waals surface area contributed by atoms with Crippen molar-refractivity contribution in [2.45, 2.75) is 30.1 Å².